The molecule has 0 fully saturated rings. The summed E-state index contributed by atoms with van der Waals surface area (Å²) in [5.41, 5.74) is 7.50. The number of halogens is 1. The summed E-state index contributed by atoms with van der Waals surface area (Å²) in [6.45, 7) is 0.554. The van der Waals surface area contributed by atoms with Gasteiger partial charge in [0.1, 0.15) is 5.75 Å². The fourth-order valence-electron chi connectivity index (χ4n) is 2.13. The molecule has 1 atom stereocenters. The van der Waals surface area contributed by atoms with E-state index in [9.17, 15) is 4.39 Å². The van der Waals surface area contributed by atoms with Crippen LogP contribution in [0.1, 0.15) is 17.0 Å². The van der Waals surface area contributed by atoms with Crippen molar-refractivity contribution in [2.75, 3.05) is 20.8 Å². The van der Waals surface area contributed by atoms with Gasteiger partial charge in [-0.1, -0.05) is 0 Å². The molecule has 0 radical (unpaired) electrons. The molecule has 4 heteroatoms. The minimum absolute atomic E-state index is 0.268. The molecule has 0 heterocycles. The molecule has 1 unspecified atom stereocenters. The zero-order chi connectivity index (χ0) is 11.0. The molecule has 0 amide bonds. The molecular weight excluding hydrogens is 197 g/mol. The van der Waals surface area contributed by atoms with Crippen molar-refractivity contribution in [3.05, 3.63) is 23.0 Å². The van der Waals surface area contributed by atoms with Crippen molar-refractivity contribution >= 4 is 0 Å². The maximum Gasteiger partial charge on any atom is 0.169 e. The van der Waals surface area contributed by atoms with Crippen LogP contribution in [0, 0.1) is 5.82 Å². The van der Waals surface area contributed by atoms with E-state index in [-0.39, 0.29) is 11.7 Å². The van der Waals surface area contributed by atoms with E-state index in [1.807, 2.05) is 0 Å². The molecule has 0 aromatic heterocycles. The van der Waals surface area contributed by atoms with Gasteiger partial charge in [0.15, 0.2) is 11.6 Å². The summed E-state index contributed by atoms with van der Waals surface area (Å²) in [6.07, 6.45) is 0.767. The lowest BCUT2D eigenvalue weighted by molar-refractivity contribution is 0.354. The third-order valence-corrected chi connectivity index (χ3v) is 2.91. The number of nitrogens with two attached hydrogens (primary N) is 1. The van der Waals surface area contributed by atoms with Crippen molar-refractivity contribution in [3.63, 3.8) is 0 Å². The Morgan fingerprint density at radius 2 is 2.20 bits per heavy atom. The maximum absolute atomic E-state index is 13.5. The fraction of sp³-hybridized carbons (Fsp3) is 0.455. The molecule has 1 aromatic rings. The van der Waals surface area contributed by atoms with Crippen LogP contribution in [0.4, 0.5) is 4.39 Å². The van der Waals surface area contributed by atoms with Gasteiger partial charge in [-0.3, -0.25) is 0 Å². The summed E-state index contributed by atoms with van der Waals surface area (Å²) < 4.78 is 23.7. The van der Waals surface area contributed by atoms with Crippen molar-refractivity contribution < 1.29 is 13.9 Å². The van der Waals surface area contributed by atoms with E-state index in [4.69, 9.17) is 15.2 Å². The van der Waals surface area contributed by atoms with E-state index in [1.165, 1.54) is 20.3 Å². The van der Waals surface area contributed by atoms with E-state index in [2.05, 4.69) is 0 Å². The van der Waals surface area contributed by atoms with E-state index >= 15 is 0 Å². The van der Waals surface area contributed by atoms with E-state index in [0.29, 0.717) is 18.0 Å². The van der Waals surface area contributed by atoms with Gasteiger partial charge in [0.05, 0.1) is 14.2 Å². The highest BCUT2D eigenvalue weighted by molar-refractivity contribution is 5.57. The molecule has 2 rings (SSSR count). The quantitative estimate of drug-likeness (QED) is 0.822. The lowest BCUT2D eigenvalue weighted by atomic mass is 9.76. The highest BCUT2D eigenvalue weighted by atomic mass is 19.1. The third-order valence-electron chi connectivity index (χ3n) is 2.91. The van der Waals surface area contributed by atoms with Gasteiger partial charge in [0.2, 0.25) is 0 Å². The molecule has 15 heavy (non-hydrogen) atoms. The summed E-state index contributed by atoms with van der Waals surface area (Å²) >= 11 is 0. The van der Waals surface area contributed by atoms with Crippen molar-refractivity contribution in [1.82, 2.24) is 0 Å². The van der Waals surface area contributed by atoms with E-state index < -0.39 is 0 Å². The summed E-state index contributed by atoms with van der Waals surface area (Å²) in [4.78, 5) is 0. The Bertz CT molecular complexity index is 393. The van der Waals surface area contributed by atoms with E-state index in [1.54, 1.807) is 0 Å². The van der Waals surface area contributed by atoms with Gasteiger partial charge in [0.25, 0.3) is 0 Å². The Morgan fingerprint density at radius 3 is 2.73 bits per heavy atom. The van der Waals surface area contributed by atoms with Crippen LogP contribution in [-0.4, -0.2) is 20.8 Å². The molecule has 0 saturated heterocycles. The standard InChI is InChI=1S/C11H14FNO2/c1-14-9-4-8(12)11(15-2)7-3-6(5-13)10(7)9/h4,6H,3,5,13H2,1-2H3. The number of ether oxygens (including phenoxy) is 2. The predicted octanol–water partition coefficient (Wildman–Crippen LogP) is 1.44. The van der Waals surface area contributed by atoms with Crippen LogP contribution in [0.2, 0.25) is 0 Å². The molecule has 0 spiro atoms. The largest absolute Gasteiger partial charge is 0.496 e. The molecule has 1 aromatic carbocycles. The SMILES string of the molecule is COc1cc(F)c(OC)c2c1C(CN)C2. The minimum atomic E-state index is -0.372. The summed E-state index contributed by atoms with van der Waals surface area (Å²) in [5, 5.41) is 0. The summed E-state index contributed by atoms with van der Waals surface area (Å²) in [6, 6.07) is 1.36. The first kappa shape index (κ1) is 10.2. The first-order valence-electron chi connectivity index (χ1n) is 4.86. The fourth-order valence-corrected chi connectivity index (χ4v) is 2.13. The first-order valence-corrected chi connectivity index (χ1v) is 4.86. The molecule has 1 aliphatic rings. The number of hydrogen-bond donors (Lipinski definition) is 1. The van der Waals surface area contributed by atoms with Crippen LogP contribution in [-0.2, 0) is 6.42 Å². The van der Waals surface area contributed by atoms with Gasteiger partial charge < -0.3 is 15.2 Å². The van der Waals surface area contributed by atoms with Gasteiger partial charge in [0, 0.05) is 23.1 Å². The highest BCUT2D eigenvalue weighted by Gasteiger charge is 2.33. The smallest absolute Gasteiger partial charge is 0.169 e. The Hall–Kier alpha value is -1.29. The molecule has 0 bridgehead atoms. The average molecular weight is 211 g/mol. The first-order chi connectivity index (χ1) is 7.22. The van der Waals surface area contributed by atoms with Crippen molar-refractivity contribution in [1.29, 1.82) is 0 Å². The van der Waals surface area contributed by atoms with Crippen LogP contribution in [0.5, 0.6) is 11.5 Å². The highest BCUT2D eigenvalue weighted by Crippen LogP contribution is 2.47. The second-order valence-corrected chi connectivity index (χ2v) is 3.62. The van der Waals surface area contributed by atoms with Gasteiger partial charge in [-0.15, -0.1) is 0 Å². The van der Waals surface area contributed by atoms with Crippen LogP contribution >= 0.6 is 0 Å². The molecule has 0 aliphatic heterocycles. The Labute approximate surface area is 88.0 Å². The van der Waals surface area contributed by atoms with Crippen molar-refractivity contribution in [2.24, 2.45) is 5.73 Å². The number of rotatable bonds is 3. The third kappa shape index (κ3) is 1.36. The second-order valence-electron chi connectivity index (χ2n) is 3.62. The Kier molecular flexibility index (Phi) is 2.52. The lowest BCUT2D eigenvalue weighted by Gasteiger charge is -2.32. The normalized spacial score (nSPS) is 18.0. The van der Waals surface area contributed by atoms with Crippen LogP contribution < -0.4 is 15.2 Å². The molecule has 1 aliphatic carbocycles. The Balaban J connectivity index is 2.54. The van der Waals surface area contributed by atoms with Crippen molar-refractivity contribution in [3.8, 4) is 11.5 Å². The Morgan fingerprint density at radius 1 is 1.47 bits per heavy atom. The minimum Gasteiger partial charge on any atom is -0.496 e. The molecule has 82 valence electrons. The summed E-state index contributed by atoms with van der Waals surface area (Å²) in [7, 11) is 3.01. The molecule has 3 nitrogen and oxygen atoms in total. The molecule has 0 saturated carbocycles. The summed E-state index contributed by atoms with van der Waals surface area (Å²) in [5.74, 6) is 0.800. The van der Waals surface area contributed by atoms with E-state index in [0.717, 1.165) is 17.5 Å². The van der Waals surface area contributed by atoms with Crippen LogP contribution in [0.25, 0.3) is 0 Å². The van der Waals surface area contributed by atoms with Crippen LogP contribution in [0.3, 0.4) is 0 Å². The molecule has 2 N–H and O–H groups in total. The molecular formula is C11H14FNO2. The maximum atomic E-state index is 13.5. The monoisotopic (exact) mass is 211 g/mol. The van der Waals surface area contributed by atoms with Gasteiger partial charge in [-0.2, -0.15) is 0 Å². The number of methoxy groups -OCH3 is 2. The number of fused-ring (bicyclic) bond motifs is 1. The van der Waals surface area contributed by atoms with Crippen molar-refractivity contribution in [2.45, 2.75) is 12.3 Å². The number of hydrogen-bond acceptors (Lipinski definition) is 3. The van der Waals surface area contributed by atoms with Crippen LogP contribution in [0.15, 0.2) is 6.07 Å². The predicted molar refractivity (Wildman–Crippen MR) is 55.0 cm³/mol. The topological polar surface area (TPSA) is 44.5 Å². The van der Waals surface area contributed by atoms with Gasteiger partial charge >= 0.3 is 0 Å². The lowest BCUT2D eigenvalue weighted by Crippen LogP contribution is -2.26. The average Bonchev–Trinajstić information content (AvgIpc) is 2.20. The zero-order valence-electron chi connectivity index (χ0n) is 8.84. The second kappa shape index (κ2) is 3.70. The zero-order valence-corrected chi connectivity index (χ0v) is 8.84. The number of benzene rings is 1. The van der Waals surface area contributed by atoms with Gasteiger partial charge in [-0.05, 0) is 13.0 Å². The van der Waals surface area contributed by atoms with Gasteiger partial charge in [-0.25, -0.2) is 4.39 Å².